The van der Waals surface area contributed by atoms with E-state index in [-0.39, 0.29) is 10.8 Å². The average molecular weight is 707 g/mol. The maximum absolute atomic E-state index is 6.51. The third-order valence-corrected chi connectivity index (χ3v) is 14.2. The molecule has 2 aliphatic heterocycles. The molecular weight excluding hydrogens is 673 g/mol. The van der Waals surface area contributed by atoms with Gasteiger partial charge in [-0.15, -0.1) is 0 Å². The summed E-state index contributed by atoms with van der Waals surface area (Å²) in [5.41, 5.74) is 15.2. The van der Waals surface area contributed by atoms with Crippen molar-refractivity contribution in [3.8, 4) is 67.5 Å². The van der Waals surface area contributed by atoms with E-state index in [0.29, 0.717) is 0 Å². The van der Waals surface area contributed by atoms with Gasteiger partial charge in [-0.2, -0.15) is 0 Å². The summed E-state index contributed by atoms with van der Waals surface area (Å²) in [7, 11) is 0. The van der Waals surface area contributed by atoms with Crippen molar-refractivity contribution in [2.45, 2.75) is 58.1 Å². The molecule has 0 bridgehead atoms. The molecule has 2 nitrogen and oxygen atoms in total. The first-order chi connectivity index (χ1) is 25.3. The van der Waals surface area contributed by atoms with E-state index >= 15 is 0 Å². The molecular formula is C48H34O2S2. The molecule has 4 aliphatic rings. The Labute approximate surface area is 312 Å². The van der Waals surface area contributed by atoms with Crippen molar-refractivity contribution in [1.29, 1.82) is 0 Å². The van der Waals surface area contributed by atoms with E-state index in [4.69, 9.17) is 9.47 Å². The van der Waals surface area contributed by atoms with Gasteiger partial charge in [-0.1, -0.05) is 136 Å². The predicted octanol–water partition coefficient (Wildman–Crippen LogP) is 14.1. The van der Waals surface area contributed by atoms with E-state index in [1.807, 2.05) is 47.8 Å². The Bertz CT molecular complexity index is 2500. The van der Waals surface area contributed by atoms with Crippen LogP contribution in [0.4, 0.5) is 0 Å². The van der Waals surface area contributed by atoms with E-state index in [9.17, 15) is 0 Å². The lowest BCUT2D eigenvalue weighted by atomic mass is 9.81. The van der Waals surface area contributed by atoms with Gasteiger partial charge in [0, 0.05) is 41.5 Å². The summed E-state index contributed by atoms with van der Waals surface area (Å²) >= 11 is 3.82. The van der Waals surface area contributed by atoms with E-state index in [2.05, 4.69) is 137 Å². The van der Waals surface area contributed by atoms with Gasteiger partial charge in [0.15, 0.2) is 23.0 Å². The Hall–Kier alpha value is -5.16. The summed E-state index contributed by atoms with van der Waals surface area (Å²) < 4.78 is 12.8. The van der Waals surface area contributed by atoms with E-state index in [1.54, 1.807) is 0 Å². The fraction of sp³-hybridized carbons (Fsp3) is 0.125. The van der Waals surface area contributed by atoms with Gasteiger partial charge in [-0.25, -0.2) is 0 Å². The highest BCUT2D eigenvalue weighted by atomic mass is 32.2. The van der Waals surface area contributed by atoms with Crippen molar-refractivity contribution in [2.75, 3.05) is 0 Å². The summed E-state index contributed by atoms with van der Waals surface area (Å²) in [4.78, 5) is 5.45. The van der Waals surface area contributed by atoms with Gasteiger partial charge < -0.3 is 9.47 Å². The van der Waals surface area contributed by atoms with Gasteiger partial charge in [0.05, 0.1) is 0 Å². The third-order valence-electron chi connectivity index (χ3n) is 11.6. The summed E-state index contributed by atoms with van der Waals surface area (Å²) in [6.07, 6.45) is 0. The number of benzene rings is 7. The number of fused-ring (bicyclic) bond motifs is 12. The van der Waals surface area contributed by atoms with Crippen molar-refractivity contribution in [3.05, 3.63) is 156 Å². The van der Waals surface area contributed by atoms with Gasteiger partial charge in [0.2, 0.25) is 0 Å². The second kappa shape index (κ2) is 10.7. The molecule has 4 heteroatoms. The Balaban J connectivity index is 0.925. The topological polar surface area (TPSA) is 18.5 Å². The lowest BCUT2D eigenvalue weighted by molar-refractivity contribution is 0.360. The van der Waals surface area contributed by atoms with Crippen LogP contribution in [0.25, 0.3) is 44.5 Å². The lowest BCUT2D eigenvalue weighted by Crippen LogP contribution is -2.15. The number of ether oxygens (including phenoxy) is 2. The van der Waals surface area contributed by atoms with Crippen LogP contribution in [0.2, 0.25) is 0 Å². The molecule has 0 saturated heterocycles. The van der Waals surface area contributed by atoms with Gasteiger partial charge in [0.1, 0.15) is 0 Å². The average Bonchev–Trinajstić information content (AvgIpc) is 3.55. The molecule has 7 aromatic rings. The highest BCUT2D eigenvalue weighted by Crippen LogP contribution is 2.60. The maximum atomic E-state index is 6.51. The molecule has 2 heterocycles. The second-order valence-electron chi connectivity index (χ2n) is 15.3. The van der Waals surface area contributed by atoms with Crippen LogP contribution in [-0.4, -0.2) is 0 Å². The minimum Gasteiger partial charge on any atom is -0.449 e. The number of para-hydroxylation sites is 2. The second-order valence-corrected chi connectivity index (χ2v) is 17.4. The molecule has 7 aromatic carbocycles. The molecule has 0 spiro atoms. The highest BCUT2D eigenvalue weighted by Gasteiger charge is 2.41. The van der Waals surface area contributed by atoms with Gasteiger partial charge in [0.25, 0.3) is 0 Å². The summed E-state index contributed by atoms with van der Waals surface area (Å²) in [5, 5.41) is 0. The molecule has 0 fully saturated rings. The molecule has 52 heavy (non-hydrogen) atoms. The molecule has 0 unspecified atom stereocenters. The first-order valence-electron chi connectivity index (χ1n) is 17.9. The standard InChI is InChI=1S/C48H34O2S2/c1-47(2)33-21-23-39-45(50-38-10-6-5-9-37(38)49-39)43(33)31-19-17-29(25-35(31)47)27-13-15-28(16-14-27)30-18-20-32-36(26-30)48(3,4)34-22-24-42-46(44(32)34)52-41-12-8-7-11-40(41)51-42/h5-26H,1-4H3. The van der Waals surface area contributed by atoms with Crippen LogP contribution in [0.5, 0.6) is 23.0 Å². The zero-order chi connectivity index (χ0) is 34.9. The Morgan fingerprint density at radius 3 is 1.58 bits per heavy atom. The molecule has 0 atom stereocenters. The molecule has 0 radical (unpaired) electrons. The van der Waals surface area contributed by atoms with Crippen LogP contribution in [0.1, 0.15) is 49.9 Å². The van der Waals surface area contributed by atoms with E-state index in [0.717, 1.165) is 28.6 Å². The largest absolute Gasteiger partial charge is 0.449 e. The van der Waals surface area contributed by atoms with Crippen molar-refractivity contribution in [1.82, 2.24) is 0 Å². The predicted molar refractivity (Wildman–Crippen MR) is 214 cm³/mol. The molecule has 0 N–H and O–H groups in total. The zero-order valence-corrected chi connectivity index (χ0v) is 31.0. The van der Waals surface area contributed by atoms with Gasteiger partial charge >= 0.3 is 0 Å². The van der Waals surface area contributed by atoms with Crippen LogP contribution in [0.15, 0.2) is 153 Å². The minimum atomic E-state index is -0.176. The molecule has 11 rings (SSSR count). The summed E-state index contributed by atoms with van der Waals surface area (Å²) in [5.74, 6) is 3.08. The fourth-order valence-corrected chi connectivity index (χ4v) is 11.2. The SMILES string of the molecule is CC1(C)c2cc(-c3ccc(-c4ccc5c(c4)C(C)(C)c4ccc6c(c4-5)Sc4ccccc4S6)cc3)ccc2-c2c1ccc1c2Oc2ccccc2O1. The summed E-state index contributed by atoms with van der Waals surface area (Å²) in [6, 6.07) is 48.7. The summed E-state index contributed by atoms with van der Waals surface area (Å²) in [6.45, 7) is 9.39. The van der Waals surface area contributed by atoms with Crippen LogP contribution < -0.4 is 9.47 Å². The van der Waals surface area contributed by atoms with Crippen LogP contribution in [0.3, 0.4) is 0 Å². The Morgan fingerprint density at radius 1 is 0.404 bits per heavy atom. The molecule has 250 valence electrons. The van der Waals surface area contributed by atoms with E-state index < -0.39 is 0 Å². The zero-order valence-electron chi connectivity index (χ0n) is 29.3. The normalized spacial score (nSPS) is 15.8. The van der Waals surface area contributed by atoms with Crippen LogP contribution in [0, 0.1) is 0 Å². The minimum absolute atomic E-state index is 0.0770. The van der Waals surface area contributed by atoms with Gasteiger partial charge in [-0.05, 0) is 104 Å². The van der Waals surface area contributed by atoms with Crippen LogP contribution >= 0.6 is 23.5 Å². The number of hydrogen-bond acceptors (Lipinski definition) is 4. The van der Waals surface area contributed by atoms with Crippen molar-refractivity contribution < 1.29 is 9.47 Å². The Morgan fingerprint density at radius 2 is 0.923 bits per heavy atom. The fourth-order valence-electron chi connectivity index (χ4n) is 8.82. The van der Waals surface area contributed by atoms with Crippen LogP contribution in [-0.2, 0) is 10.8 Å². The first kappa shape index (κ1) is 30.5. The molecule has 0 amide bonds. The Kier molecular flexibility index (Phi) is 6.26. The van der Waals surface area contributed by atoms with Crippen molar-refractivity contribution in [3.63, 3.8) is 0 Å². The van der Waals surface area contributed by atoms with Crippen molar-refractivity contribution in [2.24, 2.45) is 0 Å². The quantitative estimate of drug-likeness (QED) is 0.178. The lowest BCUT2D eigenvalue weighted by Gasteiger charge is -2.25. The smallest absolute Gasteiger partial charge is 0.178 e. The molecule has 2 aliphatic carbocycles. The first-order valence-corrected chi connectivity index (χ1v) is 19.5. The molecule has 0 aromatic heterocycles. The number of hydrogen-bond donors (Lipinski definition) is 0. The monoisotopic (exact) mass is 706 g/mol. The highest BCUT2D eigenvalue weighted by molar-refractivity contribution is 8.05. The maximum Gasteiger partial charge on any atom is 0.178 e. The third kappa shape index (κ3) is 4.22. The van der Waals surface area contributed by atoms with Crippen molar-refractivity contribution >= 4 is 23.5 Å². The van der Waals surface area contributed by atoms with Gasteiger partial charge in [-0.3, -0.25) is 0 Å². The molecule has 0 saturated carbocycles. The number of rotatable bonds is 2. The van der Waals surface area contributed by atoms with E-state index in [1.165, 1.54) is 80.8 Å².